The van der Waals surface area contributed by atoms with Gasteiger partial charge in [0.05, 0.1) is 24.7 Å². The first-order valence-electron chi connectivity index (χ1n) is 10.6. The number of methoxy groups -OCH3 is 1. The molecule has 32 heavy (non-hydrogen) atoms. The topological polar surface area (TPSA) is 56.7 Å². The lowest BCUT2D eigenvalue weighted by atomic mass is 10.2. The smallest absolute Gasteiger partial charge is 0.262 e. The Morgan fingerprint density at radius 1 is 1.22 bits per heavy atom. The van der Waals surface area contributed by atoms with Crippen LogP contribution in [0.3, 0.4) is 0 Å². The summed E-state index contributed by atoms with van der Waals surface area (Å²) in [6, 6.07) is 13.1. The molecule has 2 heterocycles. The standard InChI is InChI=1S/C23H26ClN5O2S/c1-4-5-12-27-21(30)18-8-6-7-9-19(18)29-22(27)25-28(23(29)32)15-26(2)14-16-13-17(24)10-11-20(16)31-3/h6-11,13H,4-5,12,14-15H2,1-3H3. The van der Waals surface area contributed by atoms with Crippen LogP contribution in [0.2, 0.25) is 5.02 Å². The third-order valence-corrected chi connectivity index (χ3v) is 6.11. The Bertz CT molecular complexity index is 1390. The molecule has 0 aliphatic heterocycles. The van der Waals surface area contributed by atoms with Gasteiger partial charge >= 0.3 is 0 Å². The number of nitrogens with zero attached hydrogens (tertiary/aromatic N) is 5. The molecule has 9 heteroatoms. The van der Waals surface area contributed by atoms with E-state index in [-0.39, 0.29) is 5.56 Å². The van der Waals surface area contributed by atoms with Crippen LogP contribution in [-0.4, -0.2) is 37.8 Å². The summed E-state index contributed by atoms with van der Waals surface area (Å²) in [5, 5.41) is 6.06. The Morgan fingerprint density at radius 3 is 2.75 bits per heavy atom. The van der Waals surface area contributed by atoms with Crippen molar-refractivity contribution in [2.24, 2.45) is 0 Å². The zero-order chi connectivity index (χ0) is 22.8. The number of aromatic nitrogens is 4. The summed E-state index contributed by atoms with van der Waals surface area (Å²) in [4.78, 5) is 15.2. The van der Waals surface area contributed by atoms with E-state index in [4.69, 9.17) is 33.7 Å². The number of hydrogen-bond acceptors (Lipinski definition) is 5. The van der Waals surface area contributed by atoms with Crippen LogP contribution in [0.4, 0.5) is 0 Å². The largest absolute Gasteiger partial charge is 0.496 e. The van der Waals surface area contributed by atoms with E-state index in [0.717, 1.165) is 29.7 Å². The Hall–Kier alpha value is -2.68. The van der Waals surface area contributed by atoms with E-state index >= 15 is 0 Å². The molecule has 7 nitrogen and oxygen atoms in total. The molecule has 0 fully saturated rings. The summed E-state index contributed by atoms with van der Waals surface area (Å²) >= 11 is 12.0. The summed E-state index contributed by atoms with van der Waals surface area (Å²) in [5.74, 6) is 1.35. The van der Waals surface area contributed by atoms with Crippen LogP contribution in [0.15, 0.2) is 47.3 Å². The second-order valence-electron chi connectivity index (χ2n) is 7.86. The van der Waals surface area contributed by atoms with Crippen molar-refractivity contribution in [3.63, 3.8) is 0 Å². The highest BCUT2D eigenvalue weighted by Crippen LogP contribution is 2.24. The number of rotatable bonds is 8. The van der Waals surface area contributed by atoms with Crippen molar-refractivity contribution in [2.45, 2.75) is 39.5 Å². The normalized spacial score (nSPS) is 11.7. The van der Waals surface area contributed by atoms with Crippen molar-refractivity contribution in [3.8, 4) is 5.75 Å². The fraction of sp³-hybridized carbons (Fsp3) is 0.348. The average molecular weight is 472 g/mol. The first-order chi connectivity index (χ1) is 15.4. The molecule has 0 saturated heterocycles. The maximum atomic E-state index is 13.2. The summed E-state index contributed by atoms with van der Waals surface area (Å²) in [5.41, 5.74) is 1.71. The number of aryl methyl sites for hydroxylation is 1. The Kier molecular flexibility index (Phi) is 6.64. The van der Waals surface area contributed by atoms with Crippen molar-refractivity contribution in [2.75, 3.05) is 14.2 Å². The molecule has 2 aromatic carbocycles. The zero-order valence-corrected chi connectivity index (χ0v) is 20.0. The van der Waals surface area contributed by atoms with Crippen LogP contribution < -0.4 is 10.3 Å². The average Bonchev–Trinajstić information content (AvgIpc) is 3.09. The lowest BCUT2D eigenvalue weighted by molar-refractivity contribution is 0.241. The molecule has 0 amide bonds. The van der Waals surface area contributed by atoms with Gasteiger partial charge in [-0.2, -0.15) is 0 Å². The van der Waals surface area contributed by atoms with Crippen LogP contribution in [0.25, 0.3) is 16.7 Å². The molecule has 0 bridgehead atoms. The molecule has 168 valence electrons. The number of ether oxygens (including phenoxy) is 1. The molecule has 0 radical (unpaired) electrons. The highest BCUT2D eigenvalue weighted by Gasteiger charge is 2.16. The van der Waals surface area contributed by atoms with E-state index in [1.54, 1.807) is 16.4 Å². The van der Waals surface area contributed by atoms with Gasteiger partial charge in [-0.05, 0) is 56.0 Å². The van der Waals surface area contributed by atoms with Gasteiger partial charge in [0.15, 0.2) is 0 Å². The number of unbranched alkanes of at least 4 members (excludes halogenated alkanes) is 1. The SMILES string of the molecule is CCCCn1c(=O)c2ccccc2n2c(=S)n(CN(C)Cc3cc(Cl)ccc3OC)nc12. The molecule has 2 aromatic heterocycles. The Morgan fingerprint density at radius 2 is 2.00 bits per heavy atom. The van der Waals surface area contributed by atoms with Gasteiger partial charge in [-0.15, -0.1) is 5.10 Å². The molecule has 0 aliphatic rings. The molecule has 4 rings (SSSR count). The molecule has 0 unspecified atom stereocenters. The molecule has 0 spiro atoms. The van der Waals surface area contributed by atoms with Gasteiger partial charge in [0.25, 0.3) is 5.56 Å². The van der Waals surface area contributed by atoms with Crippen LogP contribution in [0, 0.1) is 4.77 Å². The van der Waals surface area contributed by atoms with Gasteiger partial charge in [-0.1, -0.05) is 37.1 Å². The minimum absolute atomic E-state index is 0.0364. The molecular weight excluding hydrogens is 446 g/mol. The number of halogens is 1. The van der Waals surface area contributed by atoms with Crippen molar-refractivity contribution in [1.29, 1.82) is 0 Å². The van der Waals surface area contributed by atoms with Crippen molar-refractivity contribution in [3.05, 3.63) is 68.2 Å². The molecule has 4 aromatic rings. The van der Waals surface area contributed by atoms with Gasteiger partial charge in [0, 0.05) is 23.7 Å². The third kappa shape index (κ3) is 4.18. The van der Waals surface area contributed by atoms with E-state index in [2.05, 4.69) is 11.8 Å². The van der Waals surface area contributed by atoms with E-state index < -0.39 is 0 Å². The lowest BCUT2D eigenvalue weighted by Crippen LogP contribution is -2.24. The summed E-state index contributed by atoms with van der Waals surface area (Å²) in [6.07, 6.45) is 1.87. The van der Waals surface area contributed by atoms with Gasteiger partial charge in [-0.3, -0.25) is 18.7 Å². The van der Waals surface area contributed by atoms with E-state index in [9.17, 15) is 4.79 Å². The lowest BCUT2D eigenvalue weighted by Gasteiger charge is -2.18. The maximum absolute atomic E-state index is 13.2. The second-order valence-corrected chi connectivity index (χ2v) is 8.66. The predicted molar refractivity (Wildman–Crippen MR) is 130 cm³/mol. The van der Waals surface area contributed by atoms with E-state index in [0.29, 0.717) is 40.7 Å². The first kappa shape index (κ1) is 22.5. The fourth-order valence-corrected chi connectivity index (χ4v) is 4.39. The zero-order valence-electron chi connectivity index (χ0n) is 18.4. The fourth-order valence-electron chi connectivity index (χ4n) is 3.92. The summed E-state index contributed by atoms with van der Waals surface area (Å²) in [6.45, 7) is 3.76. The van der Waals surface area contributed by atoms with Gasteiger partial charge in [-0.25, -0.2) is 4.68 Å². The molecule has 0 aliphatic carbocycles. The number of fused-ring (bicyclic) bond motifs is 3. The quantitative estimate of drug-likeness (QED) is 0.348. The van der Waals surface area contributed by atoms with Crippen LogP contribution >= 0.6 is 23.8 Å². The van der Waals surface area contributed by atoms with Crippen molar-refractivity contribution in [1.82, 2.24) is 23.6 Å². The minimum atomic E-state index is -0.0364. The van der Waals surface area contributed by atoms with Gasteiger partial charge < -0.3 is 4.74 Å². The minimum Gasteiger partial charge on any atom is -0.496 e. The highest BCUT2D eigenvalue weighted by atomic mass is 35.5. The predicted octanol–water partition coefficient (Wildman–Crippen LogP) is 4.73. The Labute approximate surface area is 196 Å². The summed E-state index contributed by atoms with van der Waals surface area (Å²) < 4.78 is 11.4. The van der Waals surface area contributed by atoms with Gasteiger partial charge in [0.1, 0.15) is 5.75 Å². The monoisotopic (exact) mass is 471 g/mol. The third-order valence-electron chi connectivity index (χ3n) is 5.48. The van der Waals surface area contributed by atoms with Crippen molar-refractivity contribution < 1.29 is 4.74 Å². The molecular formula is C23H26ClN5O2S. The van der Waals surface area contributed by atoms with Crippen molar-refractivity contribution >= 4 is 40.5 Å². The van der Waals surface area contributed by atoms with Crippen LogP contribution in [-0.2, 0) is 19.8 Å². The van der Waals surface area contributed by atoms with Crippen LogP contribution in [0.5, 0.6) is 5.75 Å². The van der Waals surface area contributed by atoms with E-state index in [1.165, 1.54) is 0 Å². The second kappa shape index (κ2) is 9.44. The first-order valence-corrected chi connectivity index (χ1v) is 11.3. The maximum Gasteiger partial charge on any atom is 0.262 e. The highest BCUT2D eigenvalue weighted by molar-refractivity contribution is 7.71. The molecule has 0 atom stereocenters. The molecule has 0 saturated carbocycles. The number of benzene rings is 2. The Balaban J connectivity index is 1.76. The van der Waals surface area contributed by atoms with Crippen LogP contribution in [0.1, 0.15) is 25.3 Å². The number of hydrogen-bond donors (Lipinski definition) is 0. The number of para-hydroxylation sites is 1. The molecule has 0 N–H and O–H groups in total. The van der Waals surface area contributed by atoms with Gasteiger partial charge in [0.2, 0.25) is 10.5 Å². The van der Waals surface area contributed by atoms with E-state index in [1.807, 2.05) is 53.9 Å². The summed E-state index contributed by atoms with van der Waals surface area (Å²) in [7, 11) is 3.63.